The van der Waals surface area contributed by atoms with Gasteiger partial charge in [-0.2, -0.15) is 0 Å². The van der Waals surface area contributed by atoms with Gasteiger partial charge in [0.15, 0.2) is 5.03 Å². The number of nitrogens with one attached hydrogen (secondary N) is 1. The molecule has 1 N–H and O–H groups in total. The average molecular weight is 376 g/mol. The summed E-state index contributed by atoms with van der Waals surface area (Å²) in [4.78, 5) is 15.7. The Labute approximate surface area is 128 Å². The van der Waals surface area contributed by atoms with Gasteiger partial charge in [-0.25, -0.2) is 13.4 Å². The van der Waals surface area contributed by atoms with Gasteiger partial charge in [0, 0.05) is 15.2 Å². The number of hydrogen-bond donors (Lipinski definition) is 1. The van der Waals surface area contributed by atoms with Crippen LogP contribution in [-0.4, -0.2) is 19.3 Å². The molecule has 0 radical (unpaired) electrons. The fraction of sp³-hybridized carbons (Fsp3) is 0. The lowest BCUT2D eigenvalue weighted by Gasteiger charge is -2.06. The Morgan fingerprint density at radius 3 is 2.45 bits per heavy atom. The molecule has 0 aliphatic rings. The van der Waals surface area contributed by atoms with E-state index in [0.717, 1.165) is 0 Å². The fourth-order valence-electron chi connectivity index (χ4n) is 1.44. The second-order valence-electron chi connectivity index (χ2n) is 3.76. The predicted octanol–water partition coefficient (Wildman–Crippen LogP) is 3.02. The molecule has 0 spiro atoms. The molecule has 1 amide bonds. The van der Waals surface area contributed by atoms with Gasteiger partial charge in [-0.1, -0.05) is 12.1 Å². The van der Waals surface area contributed by atoms with E-state index in [1.807, 2.05) is 0 Å². The smallest absolute Gasteiger partial charge is 0.278 e. The van der Waals surface area contributed by atoms with Crippen molar-refractivity contribution in [3.05, 3.63) is 52.6 Å². The van der Waals surface area contributed by atoms with Gasteiger partial charge in [0.25, 0.3) is 15.0 Å². The molecule has 0 atom stereocenters. The van der Waals surface area contributed by atoms with E-state index in [1.54, 1.807) is 24.3 Å². The number of aromatic nitrogens is 1. The van der Waals surface area contributed by atoms with Gasteiger partial charge in [0.05, 0.1) is 17.4 Å². The first kappa shape index (κ1) is 15.0. The van der Waals surface area contributed by atoms with E-state index in [9.17, 15) is 13.2 Å². The van der Waals surface area contributed by atoms with E-state index in [0.29, 0.717) is 15.7 Å². The van der Waals surface area contributed by atoms with Crippen LogP contribution in [0.1, 0.15) is 10.4 Å². The first-order chi connectivity index (χ1) is 9.38. The topological polar surface area (TPSA) is 76.1 Å². The number of halogens is 2. The van der Waals surface area contributed by atoms with Crippen molar-refractivity contribution in [1.29, 1.82) is 0 Å². The molecule has 2 aromatic rings. The number of carbonyl (C=O) groups is 1. The normalized spacial score (nSPS) is 11.1. The SMILES string of the molecule is O=C(Nc1ccc(S(=O)(=O)Cl)nc1)c1ccccc1Br. The van der Waals surface area contributed by atoms with Gasteiger partial charge < -0.3 is 5.32 Å². The molecular formula is C12H8BrClN2O3S. The first-order valence-electron chi connectivity index (χ1n) is 5.34. The molecule has 0 aliphatic carbocycles. The summed E-state index contributed by atoms with van der Waals surface area (Å²) in [6.45, 7) is 0. The summed E-state index contributed by atoms with van der Waals surface area (Å²) >= 11 is 3.27. The molecule has 0 unspecified atom stereocenters. The molecule has 0 aliphatic heterocycles. The number of carbonyl (C=O) groups excluding carboxylic acids is 1. The average Bonchev–Trinajstić information content (AvgIpc) is 2.38. The summed E-state index contributed by atoms with van der Waals surface area (Å²) in [6, 6.07) is 9.57. The molecule has 0 fully saturated rings. The number of anilines is 1. The van der Waals surface area contributed by atoms with Crippen molar-refractivity contribution in [2.24, 2.45) is 0 Å². The van der Waals surface area contributed by atoms with Crippen LogP contribution >= 0.6 is 26.6 Å². The lowest BCUT2D eigenvalue weighted by atomic mass is 10.2. The van der Waals surface area contributed by atoms with Crippen molar-refractivity contribution in [2.45, 2.75) is 5.03 Å². The fourth-order valence-corrected chi connectivity index (χ4v) is 2.59. The van der Waals surface area contributed by atoms with Gasteiger partial charge in [0.1, 0.15) is 0 Å². The van der Waals surface area contributed by atoms with Crippen LogP contribution in [-0.2, 0) is 9.05 Å². The van der Waals surface area contributed by atoms with Gasteiger partial charge in [-0.05, 0) is 40.2 Å². The molecule has 5 nitrogen and oxygen atoms in total. The monoisotopic (exact) mass is 374 g/mol. The molecule has 0 saturated carbocycles. The van der Waals surface area contributed by atoms with E-state index < -0.39 is 9.05 Å². The molecule has 0 saturated heterocycles. The standard InChI is InChI=1S/C12H8BrClN2O3S/c13-10-4-2-1-3-9(10)12(17)16-8-5-6-11(15-7-8)20(14,18)19/h1-7H,(H,16,17). The third kappa shape index (κ3) is 3.56. The maximum absolute atomic E-state index is 12.0. The minimum Gasteiger partial charge on any atom is -0.321 e. The number of nitrogens with zero attached hydrogens (tertiary/aromatic N) is 1. The Morgan fingerprint density at radius 2 is 1.90 bits per heavy atom. The van der Waals surface area contributed by atoms with E-state index in [-0.39, 0.29) is 10.9 Å². The number of pyridine rings is 1. The van der Waals surface area contributed by atoms with Crippen molar-refractivity contribution < 1.29 is 13.2 Å². The van der Waals surface area contributed by atoms with Gasteiger partial charge in [-0.15, -0.1) is 0 Å². The molecule has 8 heteroatoms. The quantitative estimate of drug-likeness (QED) is 0.837. The molecule has 1 aromatic heterocycles. The van der Waals surface area contributed by atoms with Crippen LogP contribution in [0.3, 0.4) is 0 Å². The highest BCUT2D eigenvalue weighted by molar-refractivity contribution is 9.10. The highest BCUT2D eigenvalue weighted by Gasteiger charge is 2.13. The van der Waals surface area contributed by atoms with Crippen LogP contribution in [0.15, 0.2) is 52.1 Å². The van der Waals surface area contributed by atoms with Gasteiger partial charge in [0.2, 0.25) is 0 Å². The number of benzene rings is 1. The largest absolute Gasteiger partial charge is 0.321 e. The predicted molar refractivity (Wildman–Crippen MR) is 79.4 cm³/mol. The second-order valence-corrected chi connectivity index (χ2v) is 7.12. The van der Waals surface area contributed by atoms with Gasteiger partial charge in [-0.3, -0.25) is 4.79 Å². The van der Waals surface area contributed by atoms with E-state index in [2.05, 4.69) is 26.2 Å². The zero-order valence-electron chi connectivity index (χ0n) is 9.88. The van der Waals surface area contributed by atoms with Crippen molar-refractivity contribution in [3.8, 4) is 0 Å². The third-order valence-corrected chi connectivity index (χ3v) is 4.27. The van der Waals surface area contributed by atoms with Crippen LogP contribution in [0, 0.1) is 0 Å². The van der Waals surface area contributed by atoms with Crippen molar-refractivity contribution in [2.75, 3.05) is 5.32 Å². The Morgan fingerprint density at radius 1 is 1.20 bits per heavy atom. The summed E-state index contributed by atoms with van der Waals surface area (Å²) < 4.78 is 22.7. The Kier molecular flexibility index (Phi) is 4.42. The van der Waals surface area contributed by atoms with Crippen LogP contribution in [0.25, 0.3) is 0 Å². The summed E-state index contributed by atoms with van der Waals surface area (Å²) in [5.41, 5.74) is 0.830. The zero-order chi connectivity index (χ0) is 14.8. The Balaban J connectivity index is 2.19. The third-order valence-electron chi connectivity index (χ3n) is 2.36. The molecule has 20 heavy (non-hydrogen) atoms. The highest BCUT2D eigenvalue weighted by Crippen LogP contribution is 2.18. The highest BCUT2D eigenvalue weighted by atomic mass is 79.9. The van der Waals surface area contributed by atoms with E-state index in [1.165, 1.54) is 18.3 Å². The second kappa shape index (κ2) is 5.90. The van der Waals surface area contributed by atoms with Gasteiger partial charge >= 0.3 is 0 Å². The van der Waals surface area contributed by atoms with Crippen molar-refractivity contribution >= 4 is 47.3 Å². The summed E-state index contributed by atoms with van der Waals surface area (Å²) in [5, 5.41) is 2.34. The lowest BCUT2D eigenvalue weighted by molar-refractivity contribution is 0.102. The molecule has 0 bridgehead atoms. The lowest BCUT2D eigenvalue weighted by Crippen LogP contribution is -2.12. The molecule has 1 heterocycles. The maximum Gasteiger partial charge on any atom is 0.278 e. The van der Waals surface area contributed by atoms with Crippen LogP contribution < -0.4 is 5.32 Å². The number of amides is 1. The maximum atomic E-state index is 12.0. The zero-order valence-corrected chi connectivity index (χ0v) is 13.0. The Bertz CT molecular complexity index is 748. The summed E-state index contributed by atoms with van der Waals surface area (Å²) in [7, 11) is 1.28. The molecular weight excluding hydrogens is 368 g/mol. The summed E-state index contributed by atoms with van der Waals surface area (Å²) in [5.74, 6) is -0.333. The molecule has 2 rings (SSSR count). The van der Waals surface area contributed by atoms with Crippen molar-refractivity contribution in [1.82, 2.24) is 4.98 Å². The molecule has 1 aromatic carbocycles. The van der Waals surface area contributed by atoms with Crippen LogP contribution in [0.5, 0.6) is 0 Å². The first-order valence-corrected chi connectivity index (χ1v) is 8.45. The van der Waals surface area contributed by atoms with E-state index >= 15 is 0 Å². The minimum atomic E-state index is -3.87. The number of rotatable bonds is 3. The van der Waals surface area contributed by atoms with E-state index in [4.69, 9.17) is 10.7 Å². The summed E-state index contributed by atoms with van der Waals surface area (Å²) in [6.07, 6.45) is 1.23. The minimum absolute atomic E-state index is 0.266. The van der Waals surface area contributed by atoms with Crippen LogP contribution in [0.2, 0.25) is 0 Å². The van der Waals surface area contributed by atoms with Crippen molar-refractivity contribution in [3.63, 3.8) is 0 Å². The molecule has 104 valence electrons. The van der Waals surface area contributed by atoms with Crippen LogP contribution in [0.4, 0.5) is 5.69 Å². The number of hydrogen-bond acceptors (Lipinski definition) is 4. The Hall–Kier alpha value is -1.44.